The molecule has 1 aliphatic heterocycles. The van der Waals surface area contributed by atoms with E-state index in [1.54, 1.807) is 6.20 Å². The number of rotatable bonds is 3. The zero-order valence-electron chi connectivity index (χ0n) is 9.26. The number of likely N-dealkylation sites (tertiary alicyclic amines) is 1. The Morgan fingerprint density at radius 1 is 1.53 bits per heavy atom. The summed E-state index contributed by atoms with van der Waals surface area (Å²) in [4.78, 5) is 2.50. The standard InChI is InChI=1S/C11H19N3O/c1-2-13-6-4-3-5-10(13)8-14-9-11(15)7-12-14/h7,9-10,15H,2-6,8H2,1H3. The number of nitrogens with zero attached hydrogens (tertiary/aromatic N) is 3. The molecule has 1 unspecified atom stereocenters. The number of hydrogen-bond donors (Lipinski definition) is 1. The molecule has 1 aromatic heterocycles. The zero-order chi connectivity index (χ0) is 10.7. The van der Waals surface area contributed by atoms with Gasteiger partial charge in [0.25, 0.3) is 0 Å². The molecule has 0 spiro atoms. The SMILES string of the molecule is CCN1CCCCC1Cn1cc(O)cn1. The monoisotopic (exact) mass is 209 g/mol. The van der Waals surface area contributed by atoms with Crippen molar-refractivity contribution in [2.75, 3.05) is 13.1 Å². The van der Waals surface area contributed by atoms with Crippen molar-refractivity contribution in [1.29, 1.82) is 0 Å². The van der Waals surface area contributed by atoms with E-state index in [2.05, 4.69) is 16.9 Å². The summed E-state index contributed by atoms with van der Waals surface area (Å²) in [6, 6.07) is 0.586. The molecular formula is C11H19N3O. The Bertz CT molecular complexity index is 311. The first-order valence-corrected chi connectivity index (χ1v) is 5.75. The van der Waals surface area contributed by atoms with Gasteiger partial charge >= 0.3 is 0 Å². The van der Waals surface area contributed by atoms with E-state index in [1.165, 1.54) is 32.0 Å². The third kappa shape index (κ3) is 2.50. The molecular weight excluding hydrogens is 190 g/mol. The fourth-order valence-corrected chi connectivity index (χ4v) is 2.35. The third-order valence-corrected chi connectivity index (χ3v) is 3.17. The van der Waals surface area contributed by atoms with E-state index in [0.717, 1.165) is 13.1 Å². The number of aromatic nitrogens is 2. The summed E-state index contributed by atoms with van der Waals surface area (Å²) in [5.74, 6) is 0.258. The number of aromatic hydroxyl groups is 1. The van der Waals surface area contributed by atoms with Crippen LogP contribution < -0.4 is 0 Å². The predicted octanol–water partition coefficient (Wildman–Crippen LogP) is 1.46. The molecule has 0 aromatic carbocycles. The van der Waals surface area contributed by atoms with Gasteiger partial charge in [0, 0.05) is 6.04 Å². The topological polar surface area (TPSA) is 41.3 Å². The minimum Gasteiger partial charge on any atom is -0.505 e. The first kappa shape index (κ1) is 10.5. The summed E-state index contributed by atoms with van der Waals surface area (Å²) in [5.41, 5.74) is 0. The first-order valence-electron chi connectivity index (χ1n) is 5.75. The first-order chi connectivity index (χ1) is 7.29. The Hall–Kier alpha value is -1.03. The summed E-state index contributed by atoms with van der Waals surface area (Å²) in [7, 11) is 0. The van der Waals surface area contributed by atoms with Crippen LogP contribution in [0.2, 0.25) is 0 Å². The Morgan fingerprint density at radius 2 is 2.40 bits per heavy atom. The lowest BCUT2D eigenvalue weighted by molar-refractivity contribution is 0.137. The van der Waals surface area contributed by atoms with Crippen LogP contribution in [-0.4, -0.2) is 38.9 Å². The van der Waals surface area contributed by atoms with Crippen LogP contribution in [-0.2, 0) is 6.54 Å². The highest BCUT2D eigenvalue weighted by Gasteiger charge is 2.21. The largest absolute Gasteiger partial charge is 0.505 e. The van der Waals surface area contributed by atoms with Crippen molar-refractivity contribution in [2.45, 2.75) is 38.8 Å². The molecule has 1 N–H and O–H groups in total. The maximum atomic E-state index is 9.21. The predicted molar refractivity (Wildman–Crippen MR) is 58.8 cm³/mol. The van der Waals surface area contributed by atoms with Gasteiger partial charge in [0.05, 0.1) is 18.9 Å². The van der Waals surface area contributed by atoms with Gasteiger partial charge < -0.3 is 5.11 Å². The minimum absolute atomic E-state index is 0.258. The van der Waals surface area contributed by atoms with Gasteiger partial charge in [0.15, 0.2) is 5.75 Å². The van der Waals surface area contributed by atoms with E-state index in [-0.39, 0.29) is 5.75 Å². The Morgan fingerprint density at radius 3 is 3.07 bits per heavy atom. The molecule has 4 nitrogen and oxygen atoms in total. The van der Waals surface area contributed by atoms with E-state index in [9.17, 15) is 5.11 Å². The molecule has 4 heteroatoms. The van der Waals surface area contributed by atoms with Crippen LogP contribution in [0.3, 0.4) is 0 Å². The molecule has 0 saturated carbocycles. The second-order valence-corrected chi connectivity index (χ2v) is 4.20. The van der Waals surface area contributed by atoms with Gasteiger partial charge in [-0.1, -0.05) is 13.3 Å². The van der Waals surface area contributed by atoms with Crippen molar-refractivity contribution in [1.82, 2.24) is 14.7 Å². The second kappa shape index (κ2) is 4.66. The van der Waals surface area contributed by atoms with Crippen LogP contribution in [0.1, 0.15) is 26.2 Å². The highest BCUT2D eigenvalue weighted by atomic mass is 16.3. The maximum absolute atomic E-state index is 9.21. The van der Waals surface area contributed by atoms with Crippen LogP contribution in [0.15, 0.2) is 12.4 Å². The van der Waals surface area contributed by atoms with Gasteiger partial charge in [-0.2, -0.15) is 5.10 Å². The maximum Gasteiger partial charge on any atom is 0.153 e. The van der Waals surface area contributed by atoms with E-state index in [4.69, 9.17) is 0 Å². The van der Waals surface area contributed by atoms with E-state index >= 15 is 0 Å². The van der Waals surface area contributed by atoms with Gasteiger partial charge in [-0.05, 0) is 25.9 Å². The van der Waals surface area contributed by atoms with Gasteiger partial charge in [-0.3, -0.25) is 9.58 Å². The molecule has 1 aliphatic rings. The van der Waals surface area contributed by atoms with E-state index in [1.807, 2.05) is 4.68 Å². The van der Waals surface area contributed by atoms with Crippen molar-refractivity contribution in [3.05, 3.63) is 12.4 Å². The summed E-state index contributed by atoms with van der Waals surface area (Å²) >= 11 is 0. The quantitative estimate of drug-likeness (QED) is 0.819. The number of hydrogen-bond acceptors (Lipinski definition) is 3. The van der Waals surface area contributed by atoms with Crippen molar-refractivity contribution in [2.24, 2.45) is 0 Å². The van der Waals surface area contributed by atoms with Gasteiger partial charge in [-0.25, -0.2) is 0 Å². The summed E-state index contributed by atoms with van der Waals surface area (Å²) in [6.07, 6.45) is 7.07. The third-order valence-electron chi connectivity index (χ3n) is 3.17. The lowest BCUT2D eigenvalue weighted by Gasteiger charge is -2.34. The van der Waals surface area contributed by atoms with Crippen molar-refractivity contribution < 1.29 is 5.11 Å². The number of likely N-dealkylation sites (N-methyl/N-ethyl adjacent to an activating group) is 1. The smallest absolute Gasteiger partial charge is 0.153 e. The number of piperidine rings is 1. The van der Waals surface area contributed by atoms with Crippen LogP contribution in [0.25, 0.3) is 0 Å². The summed E-state index contributed by atoms with van der Waals surface area (Å²) < 4.78 is 1.84. The Kier molecular flexibility index (Phi) is 3.26. The van der Waals surface area contributed by atoms with E-state index in [0.29, 0.717) is 6.04 Å². The van der Waals surface area contributed by atoms with Crippen LogP contribution in [0.5, 0.6) is 5.75 Å². The lowest BCUT2D eigenvalue weighted by Crippen LogP contribution is -2.41. The molecule has 0 bridgehead atoms. The molecule has 1 fully saturated rings. The van der Waals surface area contributed by atoms with Crippen LogP contribution in [0, 0.1) is 0 Å². The molecule has 0 radical (unpaired) electrons. The van der Waals surface area contributed by atoms with Gasteiger partial charge in [0.2, 0.25) is 0 Å². The van der Waals surface area contributed by atoms with Gasteiger partial charge in [-0.15, -0.1) is 0 Å². The molecule has 15 heavy (non-hydrogen) atoms. The van der Waals surface area contributed by atoms with Crippen LogP contribution in [0.4, 0.5) is 0 Å². The van der Waals surface area contributed by atoms with Crippen molar-refractivity contribution in [3.63, 3.8) is 0 Å². The molecule has 0 aliphatic carbocycles. The molecule has 1 saturated heterocycles. The average Bonchev–Trinajstić information content (AvgIpc) is 2.65. The summed E-state index contributed by atoms with van der Waals surface area (Å²) in [5, 5.41) is 13.3. The fourth-order valence-electron chi connectivity index (χ4n) is 2.35. The van der Waals surface area contributed by atoms with Crippen molar-refractivity contribution >= 4 is 0 Å². The zero-order valence-corrected chi connectivity index (χ0v) is 9.26. The highest BCUT2D eigenvalue weighted by Crippen LogP contribution is 2.18. The van der Waals surface area contributed by atoms with Crippen molar-refractivity contribution in [3.8, 4) is 5.75 Å². The molecule has 84 valence electrons. The average molecular weight is 209 g/mol. The normalized spacial score (nSPS) is 23.1. The second-order valence-electron chi connectivity index (χ2n) is 4.20. The minimum atomic E-state index is 0.258. The highest BCUT2D eigenvalue weighted by molar-refractivity contribution is 5.08. The summed E-state index contributed by atoms with van der Waals surface area (Å²) in [6.45, 7) is 5.42. The molecule has 2 heterocycles. The lowest BCUT2D eigenvalue weighted by atomic mass is 10.0. The Balaban J connectivity index is 1.97. The molecule has 1 atom stereocenters. The van der Waals surface area contributed by atoms with Gasteiger partial charge in [0.1, 0.15) is 0 Å². The Labute approximate surface area is 90.5 Å². The van der Waals surface area contributed by atoms with E-state index < -0.39 is 0 Å². The molecule has 0 amide bonds. The fraction of sp³-hybridized carbons (Fsp3) is 0.727. The van der Waals surface area contributed by atoms with Crippen LogP contribution >= 0.6 is 0 Å². The molecule has 2 rings (SSSR count). The molecule has 1 aromatic rings.